The number of benzene rings is 2. The van der Waals surface area contributed by atoms with Crippen molar-refractivity contribution >= 4 is 50.3 Å². The topological polar surface area (TPSA) is 67.2 Å². The Hall–Kier alpha value is -1.79. The van der Waals surface area contributed by atoms with E-state index in [1.807, 2.05) is 19.1 Å². The van der Waals surface area contributed by atoms with Gasteiger partial charge in [0.25, 0.3) is 5.69 Å². The van der Waals surface area contributed by atoms with Crippen molar-refractivity contribution in [3.05, 3.63) is 56.0 Å². The van der Waals surface area contributed by atoms with Crippen molar-refractivity contribution in [1.29, 1.82) is 0 Å². The minimum Gasteiger partial charge on any atom is -0.385 e. The van der Waals surface area contributed by atoms with Crippen LogP contribution >= 0.6 is 27.5 Å². The number of nitrogens with zero attached hydrogens (tertiary/aromatic N) is 1. The van der Waals surface area contributed by atoms with E-state index >= 15 is 0 Å². The summed E-state index contributed by atoms with van der Waals surface area (Å²) < 4.78 is 0.823. The van der Waals surface area contributed by atoms with Gasteiger partial charge in [-0.25, -0.2) is 0 Å². The molecule has 0 heterocycles. The number of nitro groups is 1. The molecule has 0 aliphatic carbocycles. The lowest BCUT2D eigenvalue weighted by Gasteiger charge is -2.11. The van der Waals surface area contributed by atoms with Gasteiger partial charge in [0.2, 0.25) is 0 Å². The Morgan fingerprint density at radius 1 is 1.24 bits per heavy atom. The molecule has 7 heteroatoms. The molecule has 2 rings (SSSR count). The third-order valence-corrected chi connectivity index (χ3v) is 3.64. The minimum absolute atomic E-state index is 0.0223. The van der Waals surface area contributed by atoms with Crippen molar-refractivity contribution in [3.63, 3.8) is 0 Å². The summed E-state index contributed by atoms with van der Waals surface area (Å²) in [5.41, 5.74) is 2.06. The predicted octanol–water partition coefficient (Wildman–Crippen LogP) is 5.19. The molecule has 0 aromatic heterocycles. The molecule has 0 aliphatic rings. The molecule has 0 fully saturated rings. The average Bonchev–Trinajstić information content (AvgIpc) is 2.43. The summed E-state index contributed by atoms with van der Waals surface area (Å²) in [6.45, 7) is 2.61. The first kappa shape index (κ1) is 15.6. The Balaban J connectivity index is 2.38. The molecule has 110 valence electrons. The highest BCUT2D eigenvalue weighted by molar-refractivity contribution is 9.10. The van der Waals surface area contributed by atoms with Crippen LogP contribution in [-0.4, -0.2) is 11.5 Å². The van der Waals surface area contributed by atoms with E-state index in [1.165, 1.54) is 12.1 Å². The maximum Gasteiger partial charge on any atom is 0.273 e. The lowest BCUT2D eigenvalue weighted by Crippen LogP contribution is -2.00. The third kappa shape index (κ3) is 4.09. The number of nitrogens with one attached hydrogen (secondary N) is 2. The largest absolute Gasteiger partial charge is 0.385 e. The van der Waals surface area contributed by atoms with Crippen LogP contribution in [0.15, 0.2) is 40.9 Å². The molecule has 0 atom stereocenters. The molecule has 0 radical (unpaired) electrons. The van der Waals surface area contributed by atoms with Gasteiger partial charge >= 0.3 is 0 Å². The van der Waals surface area contributed by atoms with Crippen LogP contribution in [0.25, 0.3) is 0 Å². The molecule has 0 aliphatic heterocycles. The van der Waals surface area contributed by atoms with E-state index in [4.69, 9.17) is 11.6 Å². The number of anilines is 3. The second-order valence-electron chi connectivity index (χ2n) is 4.31. The minimum atomic E-state index is -0.418. The number of hydrogen-bond donors (Lipinski definition) is 2. The van der Waals surface area contributed by atoms with Crippen molar-refractivity contribution in [3.8, 4) is 0 Å². The molecule has 0 saturated carbocycles. The van der Waals surface area contributed by atoms with Gasteiger partial charge in [-0.05, 0) is 47.1 Å². The molecule has 2 aromatic carbocycles. The van der Waals surface area contributed by atoms with Crippen molar-refractivity contribution < 1.29 is 4.92 Å². The van der Waals surface area contributed by atoms with Crippen LogP contribution in [0.2, 0.25) is 5.02 Å². The molecule has 0 spiro atoms. The average molecular weight is 371 g/mol. The van der Waals surface area contributed by atoms with Crippen LogP contribution in [0, 0.1) is 10.1 Å². The van der Waals surface area contributed by atoms with Gasteiger partial charge in [0.05, 0.1) is 10.6 Å². The van der Waals surface area contributed by atoms with Crippen LogP contribution in [0.5, 0.6) is 0 Å². The van der Waals surface area contributed by atoms with Gasteiger partial charge in [0.1, 0.15) is 0 Å². The van der Waals surface area contributed by atoms with Gasteiger partial charge in [-0.3, -0.25) is 10.1 Å². The molecule has 0 bridgehead atoms. The smallest absolute Gasteiger partial charge is 0.273 e. The zero-order valence-electron chi connectivity index (χ0n) is 11.2. The summed E-state index contributed by atoms with van der Waals surface area (Å²) in [7, 11) is 0. The second kappa shape index (κ2) is 6.78. The fraction of sp³-hybridized carbons (Fsp3) is 0.143. The van der Waals surface area contributed by atoms with E-state index in [-0.39, 0.29) is 5.69 Å². The predicted molar refractivity (Wildman–Crippen MR) is 89.7 cm³/mol. The van der Waals surface area contributed by atoms with Crippen LogP contribution < -0.4 is 10.6 Å². The Morgan fingerprint density at radius 2 is 1.95 bits per heavy atom. The van der Waals surface area contributed by atoms with Crippen LogP contribution in [0.3, 0.4) is 0 Å². The lowest BCUT2D eigenvalue weighted by atomic mass is 10.2. The SMILES string of the molecule is CCNc1cc(Nc2cc(Cl)ccc2Br)cc([N+](=O)[O-])c1. The highest BCUT2D eigenvalue weighted by Crippen LogP contribution is 2.31. The monoisotopic (exact) mass is 369 g/mol. The van der Waals surface area contributed by atoms with Gasteiger partial charge in [-0.15, -0.1) is 0 Å². The molecule has 5 nitrogen and oxygen atoms in total. The maximum atomic E-state index is 11.0. The number of halogens is 2. The van der Waals surface area contributed by atoms with Gasteiger partial charge in [-0.1, -0.05) is 11.6 Å². The van der Waals surface area contributed by atoms with Crippen molar-refractivity contribution in [1.82, 2.24) is 0 Å². The fourth-order valence-corrected chi connectivity index (χ4v) is 2.36. The van der Waals surface area contributed by atoms with Gasteiger partial charge in [0.15, 0.2) is 0 Å². The molecule has 0 unspecified atom stereocenters. The van der Waals surface area contributed by atoms with Crippen LogP contribution in [0.4, 0.5) is 22.7 Å². The van der Waals surface area contributed by atoms with Gasteiger partial charge in [-0.2, -0.15) is 0 Å². The summed E-state index contributed by atoms with van der Waals surface area (Å²) in [4.78, 5) is 10.6. The Morgan fingerprint density at radius 3 is 2.62 bits per heavy atom. The zero-order chi connectivity index (χ0) is 15.4. The van der Waals surface area contributed by atoms with Crippen molar-refractivity contribution in [2.75, 3.05) is 17.2 Å². The van der Waals surface area contributed by atoms with E-state index in [9.17, 15) is 10.1 Å². The highest BCUT2D eigenvalue weighted by atomic mass is 79.9. The van der Waals surface area contributed by atoms with Crippen LogP contribution in [-0.2, 0) is 0 Å². The lowest BCUT2D eigenvalue weighted by molar-refractivity contribution is -0.384. The van der Waals surface area contributed by atoms with Crippen molar-refractivity contribution in [2.24, 2.45) is 0 Å². The Bertz CT molecular complexity index is 679. The van der Waals surface area contributed by atoms with E-state index in [2.05, 4.69) is 26.6 Å². The molecule has 2 N–H and O–H groups in total. The molecular weight excluding hydrogens is 358 g/mol. The van der Waals surface area contributed by atoms with Crippen molar-refractivity contribution in [2.45, 2.75) is 6.92 Å². The summed E-state index contributed by atoms with van der Waals surface area (Å²) in [5.74, 6) is 0. The van der Waals surface area contributed by atoms with E-state index in [0.717, 1.165) is 10.2 Å². The summed E-state index contributed by atoms with van der Waals surface area (Å²) >= 11 is 9.38. The zero-order valence-corrected chi connectivity index (χ0v) is 13.5. The molecule has 0 saturated heterocycles. The first-order chi connectivity index (χ1) is 9.99. The summed E-state index contributed by atoms with van der Waals surface area (Å²) in [6, 6.07) is 10.1. The molecule has 2 aromatic rings. The highest BCUT2D eigenvalue weighted by Gasteiger charge is 2.11. The summed E-state index contributed by atoms with van der Waals surface area (Å²) in [6.07, 6.45) is 0. The number of rotatable bonds is 5. The second-order valence-corrected chi connectivity index (χ2v) is 5.60. The third-order valence-electron chi connectivity index (χ3n) is 2.72. The Kier molecular flexibility index (Phi) is 5.03. The Labute approximate surface area is 135 Å². The van der Waals surface area contributed by atoms with Gasteiger partial charge < -0.3 is 10.6 Å². The van der Waals surface area contributed by atoms with E-state index in [0.29, 0.717) is 22.9 Å². The molecule has 0 amide bonds. The number of nitro benzene ring substituents is 1. The molecular formula is C14H13BrClN3O2. The van der Waals surface area contributed by atoms with E-state index < -0.39 is 4.92 Å². The quantitative estimate of drug-likeness (QED) is 0.561. The normalized spacial score (nSPS) is 10.2. The standard InChI is InChI=1S/C14H13BrClN3O2/c1-2-17-10-6-11(8-12(7-10)19(20)21)18-14-5-9(16)3-4-13(14)15/h3-8,17-18H,2H2,1H3. The van der Waals surface area contributed by atoms with E-state index in [1.54, 1.807) is 12.1 Å². The number of hydrogen-bond acceptors (Lipinski definition) is 4. The first-order valence-electron chi connectivity index (χ1n) is 6.25. The number of non-ortho nitro benzene ring substituents is 1. The fourth-order valence-electron chi connectivity index (χ4n) is 1.84. The molecule has 21 heavy (non-hydrogen) atoms. The van der Waals surface area contributed by atoms with Gasteiger partial charge in [0, 0.05) is 39.5 Å². The first-order valence-corrected chi connectivity index (χ1v) is 7.42. The maximum absolute atomic E-state index is 11.0. The van der Waals surface area contributed by atoms with Crippen LogP contribution in [0.1, 0.15) is 6.92 Å². The summed E-state index contributed by atoms with van der Waals surface area (Å²) in [5, 5.41) is 17.8.